The molecule has 2 aromatic heterocycles. The van der Waals surface area contributed by atoms with Crippen LogP contribution in [-0.2, 0) is 4.79 Å². The number of aromatic nitrogens is 1. The fourth-order valence-corrected chi connectivity index (χ4v) is 4.45. The maximum atomic E-state index is 12.3. The number of nitrogens with one attached hydrogen (secondary N) is 2. The highest BCUT2D eigenvalue weighted by Gasteiger charge is 2.42. The Bertz CT molecular complexity index is 1310. The van der Waals surface area contributed by atoms with Crippen LogP contribution >= 0.6 is 12.2 Å². The number of nitrogens with zero attached hydrogens (tertiary/aromatic N) is 2. The Morgan fingerprint density at radius 2 is 1.83 bits per heavy atom. The number of benzene rings is 2. The van der Waals surface area contributed by atoms with Gasteiger partial charge in [-0.15, -0.1) is 0 Å². The minimum absolute atomic E-state index is 0.0719. The lowest BCUT2D eigenvalue weighted by atomic mass is 10.0. The van der Waals surface area contributed by atoms with E-state index in [1.54, 1.807) is 6.20 Å². The van der Waals surface area contributed by atoms with E-state index in [0.717, 1.165) is 22.9 Å². The van der Waals surface area contributed by atoms with Gasteiger partial charge in [-0.05, 0) is 79.8 Å². The van der Waals surface area contributed by atoms with Crippen molar-refractivity contribution >= 4 is 34.6 Å². The van der Waals surface area contributed by atoms with E-state index >= 15 is 0 Å². The number of pyridine rings is 1. The minimum atomic E-state index is -0.237. The van der Waals surface area contributed by atoms with Gasteiger partial charge in [0, 0.05) is 17.6 Å². The first kappa shape index (κ1) is 22.6. The van der Waals surface area contributed by atoms with Crippen LogP contribution in [-0.4, -0.2) is 22.6 Å². The molecule has 2 aromatic carbocycles. The van der Waals surface area contributed by atoms with Crippen molar-refractivity contribution in [3.8, 4) is 5.75 Å². The zero-order valence-corrected chi connectivity index (χ0v) is 19.9. The van der Waals surface area contributed by atoms with Gasteiger partial charge in [-0.3, -0.25) is 9.78 Å². The summed E-state index contributed by atoms with van der Waals surface area (Å²) in [6.07, 6.45) is 1.77. The fraction of sp³-hybridized carbons (Fsp3) is 0.148. The molecule has 1 saturated heterocycles. The normalized spacial score (nSPS) is 17.2. The van der Waals surface area contributed by atoms with Gasteiger partial charge in [0.1, 0.15) is 23.3 Å². The van der Waals surface area contributed by atoms with Gasteiger partial charge < -0.3 is 24.7 Å². The second-order valence-electron chi connectivity index (χ2n) is 8.14. The summed E-state index contributed by atoms with van der Waals surface area (Å²) in [6.45, 7) is 1.85. The molecule has 0 aliphatic carbocycles. The van der Waals surface area contributed by atoms with Gasteiger partial charge in [-0.2, -0.15) is 0 Å². The van der Waals surface area contributed by atoms with E-state index in [2.05, 4.69) is 15.6 Å². The number of hydrogen-bond donors (Lipinski definition) is 2. The molecule has 1 aliphatic heterocycles. The molecule has 3 heterocycles. The SMILES string of the molecule is Cc1ccc([C@@H]2[C@@H](c3ccccn3)NC(=S)N2c2ccc(NC(=O)COc3ccccc3)cc2)o1. The molecular formula is C27H24N4O3S. The molecule has 4 aromatic rings. The van der Waals surface area contributed by atoms with Gasteiger partial charge in [-0.25, -0.2) is 0 Å². The summed E-state index contributed by atoms with van der Waals surface area (Å²) < 4.78 is 11.5. The second kappa shape index (κ2) is 9.99. The van der Waals surface area contributed by atoms with Crippen molar-refractivity contribution < 1.29 is 13.9 Å². The van der Waals surface area contributed by atoms with Crippen LogP contribution in [0, 0.1) is 6.92 Å². The summed E-state index contributed by atoms with van der Waals surface area (Å²) in [4.78, 5) is 18.9. The second-order valence-corrected chi connectivity index (χ2v) is 8.53. The van der Waals surface area contributed by atoms with Crippen molar-refractivity contribution in [2.24, 2.45) is 0 Å². The molecular weight excluding hydrogens is 460 g/mol. The average Bonchev–Trinajstić information content (AvgIpc) is 3.47. The highest BCUT2D eigenvalue weighted by atomic mass is 32.1. The Morgan fingerprint density at radius 3 is 2.51 bits per heavy atom. The van der Waals surface area contributed by atoms with Crippen LogP contribution in [0.15, 0.2) is 95.5 Å². The molecule has 0 bridgehead atoms. The summed E-state index contributed by atoms with van der Waals surface area (Å²) in [5.74, 6) is 2.03. The number of aryl methyl sites for hydroxylation is 1. The lowest BCUT2D eigenvalue weighted by Gasteiger charge is -2.26. The van der Waals surface area contributed by atoms with Crippen molar-refractivity contribution in [3.05, 3.63) is 108 Å². The molecule has 0 unspecified atom stereocenters. The average molecular weight is 485 g/mol. The van der Waals surface area contributed by atoms with Crippen LogP contribution in [0.4, 0.5) is 11.4 Å². The van der Waals surface area contributed by atoms with Crippen molar-refractivity contribution in [3.63, 3.8) is 0 Å². The molecule has 1 amide bonds. The summed E-state index contributed by atoms with van der Waals surface area (Å²) in [5, 5.41) is 6.84. The first-order valence-electron chi connectivity index (χ1n) is 11.2. The van der Waals surface area contributed by atoms with E-state index in [-0.39, 0.29) is 24.6 Å². The molecule has 2 atom stereocenters. The maximum absolute atomic E-state index is 12.3. The highest BCUT2D eigenvalue weighted by Crippen LogP contribution is 2.42. The molecule has 0 saturated carbocycles. The van der Waals surface area contributed by atoms with Crippen molar-refractivity contribution in [2.45, 2.75) is 19.0 Å². The number of thiocarbonyl (C=S) groups is 1. The first-order valence-corrected chi connectivity index (χ1v) is 11.6. The van der Waals surface area contributed by atoms with Gasteiger partial charge >= 0.3 is 0 Å². The predicted molar refractivity (Wildman–Crippen MR) is 138 cm³/mol. The molecule has 0 spiro atoms. The van der Waals surface area contributed by atoms with E-state index in [4.69, 9.17) is 21.4 Å². The topological polar surface area (TPSA) is 79.6 Å². The first-order chi connectivity index (χ1) is 17.1. The van der Waals surface area contributed by atoms with Gasteiger partial charge in [0.25, 0.3) is 5.91 Å². The van der Waals surface area contributed by atoms with Crippen LogP contribution in [0.25, 0.3) is 0 Å². The smallest absolute Gasteiger partial charge is 0.262 e. The number of para-hydroxylation sites is 1. The monoisotopic (exact) mass is 484 g/mol. The lowest BCUT2D eigenvalue weighted by Crippen LogP contribution is -2.29. The predicted octanol–water partition coefficient (Wildman–Crippen LogP) is 5.18. The number of rotatable bonds is 7. The van der Waals surface area contributed by atoms with Gasteiger partial charge in [0.05, 0.1) is 11.7 Å². The van der Waals surface area contributed by atoms with E-state index in [9.17, 15) is 4.79 Å². The van der Waals surface area contributed by atoms with Crippen LogP contribution in [0.2, 0.25) is 0 Å². The van der Waals surface area contributed by atoms with Gasteiger partial charge in [0.2, 0.25) is 0 Å². The number of anilines is 2. The Kier molecular flexibility index (Phi) is 6.45. The number of carbonyl (C=O) groups excluding carboxylic acids is 1. The van der Waals surface area contributed by atoms with Crippen LogP contribution in [0.5, 0.6) is 5.75 Å². The summed E-state index contributed by atoms with van der Waals surface area (Å²) in [6, 6.07) is 26.1. The molecule has 5 rings (SSSR count). The molecule has 35 heavy (non-hydrogen) atoms. The van der Waals surface area contributed by atoms with Gasteiger partial charge in [-0.1, -0.05) is 24.3 Å². The zero-order valence-electron chi connectivity index (χ0n) is 19.0. The fourth-order valence-electron chi connectivity index (χ4n) is 4.10. The maximum Gasteiger partial charge on any atom is 0.262 e. The Labute approximate surface area is 208 Å². The molecule has 7 nitrogen and oxygen atoms in total. The summed E-state index contributed by atoms with van der Waals surface area (Å²) in [7, 11) is 0. The Hall–Kier alpha value is -4.17. The third kappa shape index (κ3) is 5.02. The molecule has 1 fully saturated rings. The number of carbonyl (C=O) groups is 1. The molecule has 1 aliphatic rings. The lowest BCUT2D eigenvalue weighted by molar-refractivity contribution is -0.118. The zero-order chi connectivity index (χ0) is 24.2. The summed E-state index contributed by atoms with van der Waals surface area (Å²) >= 11 is 5.73. The molecule has 0 radical (unpaired) electrons. The Morgan fingerprint density at radius 1 is 1.06 bits per heavy atom. The van der Waals surface area contributed by atoms with Crippen LogP contribution < -0.4 is 20.3 Å². The number of amides is 1. The summed E-state index contributed by atoms with van der Waals surface area (Å²) in [5.41, 5.74) is 2.41. The van der Waals surface area contributed by atoms with Crippen molar-refractivity contribution in [2.75, 3.05) is 16.8 Å². The third-order valence-corrected chi connectivity index (χ3v) is 6.01. The molecule has 176 valence electrons. The molecule has 8 heteroatoms. The molecule has 2 N–H and O–H groups in total. The third-order valence-electron chi connectivity index (χ3n) is 5.69. The Balaban J connectivity index is 1.34. The van der Waals surface area contributed by atoms with E-state index in [0.29, 0.717) is 16.5 Å². The quantitative estimate of drug-likeness (QED) is 0.350. The standard InChI is InChI=1S/C27H24N4O3S/c1-18-10-15-23(34-18)26-25(22-9-5-6-16-28-22)30-27(35)31(26)20-13-11-19(12-14-20)29-24(32)17-33-21-7-3-2-4-8-21/h2-16,25-26H,17H2,1H3,(H,29,32)(H,30,35)/t25-,26-/m1/s1. The van der Waals surface area contributed by atoms with Gasteiger partial charge in [0.15, 0.2) is 11.7 Å². The number of hydrogen-bond acceptors (Lipinski definition) is 5. The number of furan rings is 1. The minimum Gasteiger partial charge on any atom is -0.484 e. The van der Waals surface area contributed by atoms with E-state index in [1.165, 1.54) is 0 Å². The largest absolute Gasteiger partial charge is 0.484 e. The number of ether oxygens (including phenoxy) is 1. The van der Waals surface area contributed by atoms with E-state index < -0.39 is 0 Å². The van der Waals surface area contributed by atoms with Crippen LogP contribution in [0.1, 0.15) is 29.3 Å². The van der Waals surface area contributed by atoms with Crippen molar-refractivity contribution in [1.29, 1.82) is 0 Å². The highest BCUT2D eigenvalue weighted by molar-refractivity contribution is 7.80. The van der Waals surface area contributed by atoms with E-state index in [1.807, 2.05) is 96.8 Å². The van der Waals surface area contributed by atoms with Crippen molar-refractivity contribution in [1.82, 2.24) is 10.3 Å². The van der Waals surface area contributed by atoms with Crippen LogP contribution in [0.3, 0.4) is 0 Å².